The molecule has 2 atom stereocenters. The highest BCUT2D eigenvalue weighted by Gasteiger charge is 2.23. The first-order valence-corrected chi connectivity index (χ1v) is 11.1. The van der Waals surface area contributed by atoms with Crippen LogP contribution in [-0.2, 0) is 16.0 Å². The van der Waals surface area contributed by atoms with Crippen molar-refractivity contribution in [2.75, 3.05) is 51.2 Å². The molecule has 1 aliphatic carbocycles. The number of benzene rings is 1. The molecular weight excluding hydrogens is 350 g/mol. The lowest BCUT2D eigenvalue weighted by molar-refractivity contribution is -0.117. The van der Waals surface area contributed by atoms with E-state index in [-0.39, 0.29) is 5.91 Å². The van der Waals surface area contributed by atoms with E-state index in [9.17, 15) is 4.79 Å². The Morgan fingerprint density at radius 2 is 1.82 bits per heavy atom. The van der Waals surface area contributed by atoms with Gasteiger partial charge in [-0.25, -0.2) is 0 Å². The summed E-state index contributed by atoms with van der Waals surface area (Å²) in [5, 5.41) is 3.08. The monoisotopic (exact) mass is 387 g/mol. The van der Waals surface area contributed by atoms with Gasteiger partial charge in [0.2, 0.25) is 5.91 Å². The van der Waals surface area contributed by atoms with Crippen molar-refractivity contribution in [3.8, 4) is 0 Å². The fraction of sp³-hybridized carbons (Fsp3) is 0.696. The summed E-state index contributed by atoms with van der Waals surface area (Å²) in [6.07, 6.45) is 6.61. The molecule has 156 valence electrons. The lowest BCUT2D eigenvalue weighted by Crippen LogP contribution is -2.49. The van der Waals surface area contributed by atoms with Crippen LogP contribution in [0.4, 0.5) is 5.69 Å². The molecule has 2 fully saturated rings. The van der Waals surface area contributed by atoms with E-state index < -0.39 is 0 Å². The van der Waals surface area contributed by atoms with Crippen molar-refractivity contribution >= 4 is 11.6 Å². The molecule has 1 aliphatic heterocycles. The van der Waals surface area contributed by atoms with Gasteiger partial charge in [0.05, 0.1) is 19.3 Å². The minimum Gasteiger partial charge on any atom is -0.377 e. The van der Waals surface area contributed by atoms with Gasteiger partial charge in [-0.15, -0.1) is 0 Å². The Balaban J connectivity index is 1.33. The molecule has 3 rings (SSSR count). The molecule has 1 aromatic carbocycles. The van der Waals surface area contributed by atoms with Crippen LogP contribution >= 0.6 is 0 Å². The topological polar surface area (TPSA) is 44.8 Å². The van der Waals surface area contributed by atoms with Crippen LogP contribution in [0, 0.1) is 5.92 Å². The van der Waals surface area contributed by atoms with Crippen LogP contribution in [0.3, 0.4) is 0 Å². The average molecular weight is 388 g/mol. The summed E-state index contributed by atoms with van der Waals surface area (Å²) in [5.74, 6) is 0.797. The fourth-order valence-electron chi connectivity index (χ4n) is 4.38. The summed E-state index contributed by atoms with van der Waals surface area (Å²) in [6.45, 7) is 10.7. The van der Waals surface area contributed by atoms with Crippen LogP contribution < -0.4 is 5.32 Å². The van der Waals surface area contributed by atoms with Crippen molar-refractivity contribution in [2.45, 2.75) is 52.1 Å². The molecule has 0 spiro atoms. The molecule has 0 bridgehead atoms. The molecule has 2 unspecified atom stereocenters. The van der Waals surface area contributed by atoms with E-state index in [1.54, 1.807) is 0 Å². The third kappa shape index (κ3) is 6.29. The van der Waals surface area contributed by atoms with E-state index >= 15 is 0 Å². The highest BCUT2D eigenvalue weighted by molar-refractivity contribution is 5.93. The Morgan fingerprint density at radius 3 is 2.57 bits per heavy atom. The number of amides is 1. The number of nitrogens with one attached hydrogen (secondary N) is 1. The molecule has 5 heteroatoms. The maximum Gasteiger partial charge on any atom is 0.238 e. The van der Waals surface area contributed by atoms with Crippen molar-refractivity contribution < 1.29 is 9.53 Å². The Labute approximate surface area is 170 Å². The first-order valence-electron chi connectivity index (χ1n) is 11.1. The maximum absolute atomic E-state index is 12.4. The molecule has 0 radical (unpaired) electrons. The molecule has 28 heavy (non-hydrogen) atoms. The van der Waals surface area contributed by atoms with E-state index in [0.717, 1.165) is 51.4 Å². The second kappa shape index (κ2) is 10.9. The van der Waals surface area contributed by atoms with Gasteiger partial charge in [0.1, 0.15) is 0 Å². The summed E-state index contributed by atoms with van der Waals surface area (Å²) in [4.78, 5) is 17.1. The van der Waals surface area contributed by atoms with E-state index in [1.807, 2.05) is 18.2 Å². The standard InChI is InChI=1S/C23H37N3O2/c1-3-20-9-5-6-10-21(20)24-23(27)18-26-14-12-25(13-15-26)16-17-28-22-11-7-4-8-19(22)2/h5-6,9-10,19,22H,3-4,7-8,11-18H2,1-2H3,(H,24,27). The fourth-order valence-corrected chi connectivity index (χ4v) is 4.38. The van der Waals surface area contributed by atoms with Crippen molar-refractivity contribution in [1.29, 1.82) is 0 Å². The molecule has 1 saturated heterocycles. The number of para-hydroxylation sites is 1. The highest BCUT2D eigenvalue weighted by Crippen LogP contribution is 2.26. The van der Waals surface area contributed by atoms with E-state index in [1.165, 1.54) is 31.2 Å². The minimum atomic E-state index is 0.0870. The number of piperazine rings is 1. The van der Waals surface area contributed by atoms with E-state index in [2.05, 4.69) is 35.0 Å². The van der Waals surface area contributed by atoms with Crippen LogP contribution in [0.5, 0.6) is 0 Å². The van der Waals surface area contributed by atoms with Crippen LogP contribution in [0.1, 0.15) is 45.1 Å². The summed E-state index contributed by atoms with van der Waals surface area (Å²) < 4.78 is 6.16. The first kappa shape index (κ1) is 21.3. The van der Waals surface area contributed by atoms with E-state index in [4.69, 9.17) is 4.74 Å². The first-order chi connectivity index (χ1) is 13.7. The van der Waals surface area contributed by atoms with Gasteiger partial charge in [0.15, 0.2) is 0 Å². The molecule has 1 aromatic rings. The van der Waals surface area contributed by atoms with Gasteiger partial charge in [-0.3, -0.25) is 14.6 Å². The number of anilines is 1. The predicted molar refractivity (Wildman–Crippen MR) is 115 cm³/mol. The van der Waals surface area contributed by atoms with Crippen molar-refractivity contribution in [1.82, 2.24) is 9.80 Å². The molecule has 1 heterocycles. The zero-order valence-corrected chi connectivity index (χ0v) is 17.7. The van der Waals surface area contributed by atoms with Crippen LogP contribution in [-0.4, -0.2) is 67.7 Å². The Morgan fingerprint density at radius 1 is 1.11 bits per heavy atom. The smallest absolute Gasteiger partial charge is 0.238 e. The number of ether oxygens (including phenoxy) is 1. The molecule has 2 aliphatic rings. The SMILES string of the molecule is CCc1ccccc1NC(=O)CN1CCN(CCOC2CCCCC2C)CC1. The van der Waals surface area contributed by atoms with Crippen LogP contribution in [0.2, 0.25) is 0 Å². The zero-order valence-electron chi connectivity index (χ0n) is 17.7. The summed E-state index contributed by atoms with van der Waals surface area (Å²) >= 11 is 0. The number of hydrogen-bond donors (Lipinski definition) is 1. The second-order valence-corrected chi connectivity index (χ2v) is 8.35. The number of rotatable bonds is 8. The Bertz CT molecular complexity index is 614. The van der Waals surface area contributed by atoms with Gasteiger partial charge in [0.25, 0.3) is 0 Å². The molecular formula is C23H37N3O2. The highest BCUT2D eigenvalue weighted by atomic mass is 16.5. The third-order valence-electron chi connectivity index (χ3n) is 6.28. The zero-order chi connectivity index (χ0) is 19.8. The molecule has 1 N–H and O–H groups in total. The summed E-state index contributed by atoms with van der Waals surface area (Å²) in [6, 6.07) is 8.06. The second-order valence-electron chi connectivity index (χ2n) is 8.35. The van der Waals surface area contributed by atoms with Crippen molar-refractivity contribution in [3.05, 3.63) is 29.8 Å². The summed E-state index contributed by atoms with van der Waals surface area (Å²) in [5.41, 5.74) is 2.13. The van der Waals surface area contributed by atoms with Crippen molar-refractivity contribution in [3.63, 3.8) is 0 Å². The van der Waals surface area contributed by atoms with Gasteiger partial charge >= 0.3 is 0 Å². The predicted octanol–water partition coefficient (Wildman–Crippen LogP) is 3.40. The molecule has 1 amide bonds. The van der Waals surface area contributed by atoms with Gasteiger partial charge in [-0.1, -0.05) is 44.9 Å². The van der Waals surface area contributed by atoms with Gasteiger partial charge < -0.3 is 10.1 Å². The minimum absolute atomic E-state index is 0.0870. The van der Waals surface area contributed by atoms with E-state index in [0.29, 0.717) is 18.6 Å². The number of hydrogen-bond acceptors (Lipinski definition) is 4. The van der Waals surface area contributed by atoms with Gasteiger partial charge in [0, 0.05) is 38.4 Å². The van der Waals surface area contributed by atoms with Crippen LogP contribution in [0.15, 0.2) is 24.3 Å². The Hall–Kier alpha value is -1.43. The number of nitrogens with zero attached hydrogens (tertiary/aromatic N) is 2. The quantitative estimate of drug-likeness (QED) is 0.743. The molecule has 1 saturated carbocycles. The lowest BCUT2D eigenvalue weighted by Gasteiger charge is -2.35. The van der Waals surface area contributed by atoms with Crippen LogP contribution in [0.25, 0.3) is 0 Å². The average Bonchev–Trinajstić information content (AvgIpc) is 2.71. The van der Waals surface area contributed by atoms with Gasteiger partial charge in [-0.2, -0.15) is 0 Å². The number of carbonyl (C=O) groups is 1. The summed E-state index contributed by atoms with van der Waals surface area (Å²) in [7, 11) is 0. The van der Waals surface area contributed by atoms with Crippen molar-refractivity contribution in [2.24, 2.45) is 5.92 Å². The largest absolute Gasteiger partial charge is 0.377 e. The maximum atomic E-state index is 12.4. The molecule has 0 aromatic heterocycles. The normalized spacial score (nSPS) is 24.2. The number of aryl methyl sites for hydroxylation is 1. The lowest BCUT2D eigenvalue weighted by atomic mass is 9.88. The molecule has 5 nitrogen and oxygen atoms in total. The Kier molecular flexibility index (Phi) is 8.31. The third-order valence-corrected chi connectivity index (χ3v) is 6.28. The van der Waals surface area contributed by atoms with Gasteiger partial charge in [-0.05, 0) is 36.8 Å². The number of carbonyl (C=O) groups excluding carboxylic acids is 1.